The maximum atomic E-state index is 12.7. The van der Waals surface area contributed by atoms with E-state index < -0.39 is 17.1 Å². The lowest BCUT2D eigenvalue weighted by molar-refractivity contribution is -0.384. The Morgan fingerprint density at radius 1 is 1.33 bits per heavy atom. The monoisotopic (exact) mass is 453 g/mol. The van der Waals surface area contributed by atoms with Gasteiger partial charge in [0.2, 0.25) is 5.91 Å². The fraction of sp³-hybridized carbons (Fsp3) is 0.350. The van der Waals surface area contributed by atoms with Gasteiger partial charge in [0.15, 0.2) is 0 Å². The van der Waals surface area contributed by atoms with E-state index >= 15 is 0 Å². The van der Waals surface area contributed by atoms with Gasteiger partial charge in [0.05, 0.1) is 27.7 Å². The van der Waals surface area contributed by atoms with Gasteiger partial charge in [-0.3, -0.25) is 19.8 Å². The molecule has 3 rings (SSSR count). The number of nitrogens with one attached hydrogen (secondary N) is 1. The number of anilines is 1. The van der Waals surface area contributed by atoms with Crippen molar-refractivity contribution in [3.05, 3.63) is 62.6 Å². The van der Waals surface area contributed by atoms with Crippen molar-refractivity contribution in [2.75, 3.05) is 25.0 Å². The van der Waals surface area contributed by atoms with E-state index in [1.807, 2.05) is 4.90 Å². The number of nitrogens with zero attached hydrogens (tertiary/aromatic N) is 2. The lowest BCUT2D eigenvalue weighted by Gasteiger charge is -2.26. The summed E-state index contributed by atoms with van der Waals surface area (Å²) in [6, 6.07) is 10.2. The van der Waals surface area contributed by atoms with Crippen LogP contribution in [0.2, 0.25) is 10.0 Å². The number of aliphatic hydroxyl groups excluding tert-OH is 1. The number of carbonyl (C=O) groups is 1. The van der Waals surface area contributed by atoms with Crippen LogP contribution in [0.4, 0.5) is 11.4 Å². The third-order valence-electron chi connectivity index (χ3n) is 4.77. The van der Waals surface area contributed by atoms with Gasteiger partial charge >= 0.3 is 0 Å². The molecule has 2 aromatic carbocycles. The summed E-state index contributed by atoms with van der Waals surface area (Å²) in [5.74, 6) is 0.0815. The van der Waals surface area contributed by atoms with Gasteiger partial charge in [0, 0.05) is 17.6 Å². The van der Waals surface area contributed by atoms with Crippen LogP contribution < -0.4 is 10.1 Å². The zero-order chi connectivity index (χ0) is 21.7. The number of non-ortho nitro benzene ring substituents is 1. The van der Waals surface area contributed by atoms with Crippen LogP contribution in [0.5, 0.6) is 5.75 Å². The fourth-order valence-electron chi connectivity index (χ4n) is 3.35. The molecule has 0 saturated carbocycles. The quantitative estimate of drug-likeness (QED) is 0.465. The predicted octanol–water partition coefficient (Wildman–Crippen LogP) is 3.74. The Hall–Kier alpha value is -2.39. The third kappa shape index (κ3) is 5.82. The van der Waals surface area contributed by atoms with Crippen molar-refractivity contribution >= 4 is 40.5 Å². The summed E-state index contributed by atoms with van der Waals surface area (Å²) in [4.78, 5) is 24.9. The number of carbonyl (C=O) groups excluding carboxylic acids is 1. The third-order valence-corrected chi connectivity index (χ3v) is 5.33. The molecule has 1 aliphatic rings. The van der Waals surface area contributed by atoms with Crippen LogP contribution in [0.15, 0.2) is 42.5 Å². The molecule has 1 aliphatic heterocycles. The highest BCUT2D eigenvalue weighted by Crippen LogP contribution is 2.27. The van der Waals surface area contributed by atoms with Crippen molar-refractivity contribution in [2.45, 2.75) is 25.0 Å². The topological polar surface area (TPSA) is 105 Å². The minimum atomic E-state index is -0.868. The molecule has 2 unspecified atom stereocenters. The zero-order valence-corrected chi connectivity index (χ0v) is 17.5. The molecule has 0 radical (unpaired) electrons. The van der Waals surface area contributed by atoms with Gasteiger partial charge in [-0.2, -0.15) is 0 Å². The standard InChI is InChI=1S/C20H21Cl2N3O5/c21-13-6-7-17(22)18(9-13)23-20(27)19-5-2-8-24(19)11-15(26)12-30-16-4-1-3-14(10-16)25(28)29/h1,3-4,6-7,9-10,15,19,26H,2,5,8,11-12H2,(H,23,27). The van der Waals surface area contributed by atoms with Gasteiger partial charge in [-0.1, -0.05) is 29.3 Å². The van der Waals surface area contributed by atoms with Crippen LogP contribution >= 0.6 is 23.2 Å². The van der Waals surface area contributed by atoms with E-state index in [0.29, 0.717) is 34.4 Å². The number of nitro groups is 1. The van der Waals surface area contributed by atoms with Gasteiger partial charge in [0.1, 0.15) is 18.5 Å². The average Bonchev–Trinajstić information content (AvgIpc) is 3.17. The highest BCUT2D eigenvalue weighted by atomic mass is 35.5. The fourth-order valence-corrected chi connectivity index (χ4v) is 3.69. The molecule has 1 heterocycles. The number of halogens is 2. The Bertz CT molecular complexity index is 927. The van der Waals surface area contributed by atoms with Crippen molar-refractivity contribution in [2.24, 2.45) is 0 Å². The molecule has 1 fully saturated rings. The molecule has 30 heavy (non-hydrogen) atoms. The molecule has 2 atom stereocenters. The first-order valence-corrected chi connectivity index (χ1v) is 10.1. The first-order chi connectivity index (χ1) is 14.3. The Balaban J connectivity index is 1.55. The van der Waals surface area contributed by atoms with Gasteiger partial charge in [0.25, 0.3) is 5.69 Å². The van der Waals surface area contributed by atoms with Crippen molar-refractivity contribution in [1.82, 2.24) is 4.90 Å². The second kappa shape index (κ2) is 10.1. The number of hydrogen-bond acceptors (Lipinski definition) is 6. The number of benzene rings is 2. The molecule has 2 N–H and O–H groups in total. The minimum Gasteiger partial charge on any atom is -0.491 e. The largest absolute Gasteiger partial charge is 0.491 e. The maximum Gasteiger partial charge on any atom is 0.273 e. The first-order valence-electron chi connectivity index (χ1n) is 9.39. The summed E-state index contributed by atoms with van der Waals surface area (Å²) in [7, 11) is 0. The Morgan fingerprint density at radius 3 is 2.90 bits per heavy atom. The lowest BCUT2D eigenvalue weighted by atomic mass is 10.2. The number of aliphatic hydroxyl groups is 1. The molecule has 10 heteroatoms. The average molecular weight is 454 g/mol. The van der Waals surface area contributed by atoms with Crippen LogP contribution in [0.25, 0.3) is 0 Å². The Kier molecular flexibility index (Phi) is 7.49. The van der Waals surface area contributed by atoms with Crippen LogP contribution in [0, 0.1) is 10.1 Å². The number of ether oxygens (including phenoxy) is 1. The predicted molar refractivity (Wildman–Crippen MR) is 114 cm³/mol. The summed E-state index contributed by atoms with van der Waals surface area (Å²) in [5, 5.41) is 24.8. The molecule has 0 spiro atoms. The summed E-state index contributed by atoms with van der Waals surface area (Å²) >= 11 is 12.1. The number of rotatable bonds is 8. The highest BCUT2D eigenvalue weighted by molar-refractivity contribution is 6.35. The molecule has 1 amide bonds. The van der Waals surface area contributed by atoms with E-state index in [1.165, 1.54) is 18.2 Å². The van der Waals surface area contributed by atoms with E-state index in [2.05, 4.69) is 5.32 Å². The smallest absolute Gasteiger partial charge is 0.273 e. The van der Waals surface area contributed by atoms with Crippen LogP contribution in [-0.2, 0) is 4.79 Å². The first kappa shape index (κ1) is 22.3. The maximum absolute atomic E-state index is 12.7. The highest BCUT2D eigenvalue weighted by Gasteiger charge is 2.32. The Labute approximate surface area is 183 Å². The zero-order valence-electron chi connectivity index (χ0n) is 16.0. The van der Waals surface area contributed by atoms with Crippen molar-refractivity contribution in [3.63, 3.8) is 0 Å². The van der Waals surface area contributed by atoms with E-state index in [0.717, 1.165) is 6.42 Å². The van der Waals surface area contributed by atoms with E-state index in [4.69, 9.17) is 27.9 Å². The molecule has 0 aliphatic carbocycles. The number of hydrogen-bond donors (Lipinski definition) is 2. The van der Waals surface area contributed by atoms with E-state index in [-0.39, 0.29) is 24.7 Å². The van der Waals surface area contributed by atoms with Gasteiger partial charge in [-0.25, -0.2) is 0 Å². The molecule has 2 aromatic rings. The number of β-amino-alcohol motifs (C(OH)–C–C–N with tert-alkyl or cyclic N) is 1. The SMILES string of the molecule is O=C(Nc1cc(Cl)ccc1Cl)C1CCCN1CC(O)COc1cccc([N+](=O)[O-])c1. The minimum absolute atomic E-state index is 0.0495. The van der Waals surface area contributed by atoms with Gasteiger partial charge in [-0.05, 0) is 43.7 Å². The van der Waals surface area contributed by atoms with E-state index in [1.54, 1.807) is 24.3 Å². The normalized spacial score (nSPS) is 17.5. The molecule has 0 aromatic heterocycles. The van der Waals surface area contributed by atoms with Crippen LogP contribution in [0.3, 0.4) is 0 Å². The summed E-state index contributed by atoms with van der Waals surface area (Å²) in [6.45, 7) is 0.845. The molecular formula is C20H21Cl2N3O5. The molecule has 160 valence electrons. The van der Waals surface area contributed by atoms with Crippen molar-refractivity contribution < 1.29 is 19.6 Å². The molecule has 8 nitrogen and oxygen atoms in total. The Morgan fingerprint density at radius 2 is 2.13 bits per heavy atom. The summed E-state index contributed by atoms with van der Waals surface area (Å²) < 4.78 is 5.48. The van der Waals surface area contributed by atoms with E-state index in [9.17, 15) is 20.0 Å². The molecule has 0 bridgehead atoms. The van der Waals surface area contributed by atoms with Gasteiger partial charge < -0.3 is 15.2 Å². The van der Waals surface area contributed by atoms with Crippen molar-refractivity contribution in [1.29, 1.82) is 0 Å². The second-order valence-electron chi connectivity index (χ2n) is 6.99. The van der Waals surface area contributed by atoms with Crippen LogP contribution in [-0.4, -0.2) is 52.7 Å². The second-order valence-corrected chi connectivity index (χ2v) is 7.83. The molecule has 1 saturated heterocycles. The number of nitro benzene ring substituents is 1. The number of amides is 1. The van der Waals surface area contributed by atoms with Crippen LogP contribution in [0.1, 0.15) is 12.8 Å². The summed E-state index contributed by atoms with van der Waals surface area (Å²) in [5.41, 5.74) is 0.355. The number of likely N-dealkylation sites (tertiary alicyclic amines) is 1. The van der Waals surface area contributed by atoms with Gasteiger partial charge in [-0.15, -0.1) is 0 Å². The molecular weight excluding hydrogens is 433 g/mol. The lowest BCUT2D eigenvalue weighted by Crippen LogP contribution is -2.44. The van der Waals surface area contributed by atoms with Crippen molar-refractivity contribution in [3.8, 4) is 5.75 Å². The summed E-state index contributed by atoms with van der Waals surface area (Å²) in [6.07, 6.45) is 0.606.